The van der Waals surface area contributed by atoms with Gasteiger partial charge in [-0.25, -0.2) is 4.98 Å². The van der Waals surface area contributed by atoms with E-state index in [-0.39, 0.29) is 12.0 Å². The summed E-state index contributed by atoms with van der Waals surface area (Å²) in [5.41, 5.74) is 0. The predicted molar refractivity (Wildman–Crippen MR) is 83.6 cm³/mol. The molecule has 2 aromatic heterocycles. The number of carbonyl (C=O) groups is 1. The molecule has 0 bridgehead atoms. The average molecular weight is 320 g/mol. The van der Waals surface area contributed by atoms with Crippen LogP contribution in [0.1, 0.15) is 35.5 Å². The normalized spacial score (nSPS) is 18.6. The van der Waals surface area contributed by atoms with Crippen LogP contribution in [0.15, 0.2) is 17.5 Å². The van der Waals surface area contributed by atoms with Crippen LogP contribution in [0.3, 0.4) is 0 Å². The van der Waals surface area contributed by atoms with Gasteiger partial charge in [-0.15, -0.1) is 11.3 Å². The Labute approximate surface area is 133 Å². The maximum Gasteiger partial charge on any atom is 0.222 e. The fourth-order valence-corrected chi connectivity index (χ4v) is 3.31. The Hall–Kier alpha value is -1.73. The lowest BCUT2D eigenvalue weighted by molar-refractivity contribution is -0.139. The van der Waals surface area contributed by atoms with Crippen LogP contribution in [0.25, 0.3) is 0 Å². The van der Waals surface area contributed by atoms with Crippen molar-refractivity contribution in [2.75, 3.05) is 19.7 Å². The van der Waals surface area contributed by atoms with E-state index in [2.05, 4.69) is 26.6 Å². The van der Waals surface area contributed by atoms with E-state index in [1.807, 2.05) is 17.9 Å². The van der Waals surface area contributed by atoms with Crippen molar-refractivity contribution in [2.24, 2.45) is 0 Å². The fourth-order valence-electron chi connectivity index (χ4n) is 2.56. The minimum Gasteiger partial charge on any atom is -0.366 e. The number of hydrogen-bond acceptors (Lipinski definition) is 5. The number of hydrogen-bond donors (Lipinski definition) is 1. The van der Waals surface area contributed by atoms with Crippen molar-refractivity contribution in [1.82, 2.24) is 20.1 Å². The zero-order valence-corrected chi connectivity index (χ0v) is 13.4. The van der Waals surface area contributed by atoms with Crippen molar-refractivity contribution in [2.45, 2.75) is 32.3 Å². The van der Waals surface area contributed by atoms with Gasteiger partial charge in [0.1, 0.15) is 11.9 Å². The van der Waals surface area contributed by atoms with Crippen LogP contribution in [0.4, 0.5) is 0 Å². The number of aryl methyl sites for hydroxylation is 2. The smallest absolute Gasteiger partial charge is 0.222 e. The number of nitrogens with one attached hydrogen (secondary N) is 1. The van der Waals surface area contributed by atoms with E-state index in [0.717, 1.165) is 18.7 Å². The standard InChI is InChI=1S/C15H20N4O2S/c1-11-16-15(18-17-11)13-10-19(7-8-21-13)14(20)6-2-4-12-5-3-9-22-12/h3,5,9,13H,2,4,6-8,10H2,1H3,(H,16,17,18)/t13-/m1/s1. The molecule has 22 heavy (non-hydrogen) atoms. The van der Waals surface area contributed by atoms with Crippen LogP contribution in [-0.4, -0.2) is 45.7 Å². The highest BCUT2D eigenvalue weighted by Crippen LogP contribution is 2.20. The Bertz CT molecular complexity index is 611. The number of H-pyrrole nitrogens is 1. The van der Waals surface area contributed by atoms with Gasteiger partial charge in [0.05, 0.1) is 13.2 Å². The van der Waals surface area contributed by atoms with Gasteiger partial charge in [0.2, 0.25) is 5.91 Å². The predicted octanol–water partition coefficient (Wildman–Crippen LogP) is 2.10. The molecule has 0 aliphatic carbocycles. The second kappa shape index (κ2) is 7.02. The van der Waals surface area contributed by atoms with Crippen LogP contribution in [0, 0.1) is 6.92 Å². The third-order valence-electron chi connectivity index (χ3n) is 3.72. The Morgan fingerprint density at radius 2 is 2.50 bits per heavy atom. The summed E-state index contributed by atoms with van der Waals surface area (Å²) in [6.45, 7) is 3.58. The lowest BCUT2D eigenvalue weighted by Gasteiger charge is -2.31. The van der Waals surface area contributed by atoms with E-state index in [4.69, 9.17) is 4.74 Å². The Kier molecular flexibility index (Phi) is 4.84. The van der Waals surface area contributed by atoms with E-state index in [1.54, 1.807) is 11.3 Å². The maximum atomic E-state index is 12.3. The third kappa shape index (κ3) is 3.72. The van der Waals surface area contributed by atoms with E-state index < -0.39 is 0 Å². The Balaban J connectivity index is 1.49. The van der Waals surface area contributed by atoms with Gasteiger partial charge >= 0.3 is 0 Å². The molecule has 0 unspecified atom stereocenters. The maximum absolute atomic E-state index is 12.3. The Morgan fingerprint density at radius 1 is 1.59 bits per heavy atom. The van der Waals surface area contributed by atoms with Gasteiger partial charge in [-0.1, -0.05) is 6.07 Å². The zero-order chi connectivity index (χ0) is 15.4. The van der Waals surface area contributed by atoms with Crippen molar-refractivity contribution >= 4 is 17.2 Å². The van der Waals surface area contributed by atoms with Gasteiger partial charge < -0.3 is 9.64 Å². The molecule has 1 aliphatic rings. The minimum atomic E-state index is -0.222. The topological polar surface area (TPSA) is 71.1 Å². The zero-order valence-electron chi connectivity index (χ0n) is 12.6. The summed E-state index contributed by atoms with van der Waals surface area (Å²) in [5, 5.41) is 9.02. The first-order valence-electron chi connectivity index (χ1n) is 7.53. The molecule has 118 valence electrons. The lowest BCUT2D eigenvalue weighted by atomic mass is 10.1. The highest BCUT2D eigenvalue weighted by Gasteiger charge is 2.27. The molecule has 3 heterocycles. The summed E-state index contributed by atoms with van der Waals surface area (Å²) in [4.78, 5) is 19.8. The summed E-state index contributed by atoms with van der Waals surface area (Å²) in [6.07, 6.45) is 2.22. The van der Waals surface area contributed by atoms with Gasteiger partial charge in [-0.3, -0.25) is 9.89 Å². The van der Waals surface area contributed by atoms with Crippen molar-refractivity contribution in [3.05, 3.63) is 34.0 Å². The van der Waals surface area contributed by atoms with Crippen molar-refractivity contribution in [1.29, 1.82) is 0 Å². The van der Waals surface area contributed by atoms with Gasteiger partial charge in [0.25, 0.3) is 0 Å². The molecule has 0 spiro atoms. The van der Waals surface area contributed by atoms with E-state index in [1.165, 1.54) is 4.88 Å². The fraction of sp³-hybridized carbons (Fsp3) is 0.533. The van der Waals surface area contributed by atoms with E-state index in [9.17, 15) is 4.79 Å². The summed E-state index contributed by atoms with van der Waals surface area (Å²) >= 11 is 1.75. The summed E-state index contributed by atoms with van der Waals surface area (Å²) in [5.74, 6) is 1.59. The molecule has 7 heteroatoms. The molecule has 3 rings (SSSR count). The lowest BCUT2D eigenvalue weighted by Crippen LogP contribution is -2.42. The van der Waals surface area contributed by atoms with Crippen molar-refractivity contribution in [3.63, 3.8) is 0 Å². The molecule has 1 saturated heterocycles. The molecule has 1 fully saturated rings. The Morgan fingerprint density at radius 3 is 3.23 bits per heavy atom. The highest BCUT2D eigenvalue weighted by molar-refractivity contribution is 7.09. The molecule has 1 atom stereocenters. The molecule has 0 radical (unpaired) electrons. The van der Waals surface area contributed by atoms with Crippen LogP contribution >= 0.6 is 11.3 Å². The molecular formula is C15H20N4O2S. The molecule has 0 aromatic carbocycles. The molecule has 1 amide bonds. The largest absolute Gasteiger partial charge is 0.366 e. The number of amides is 1. The minimum absolute atomic E-state index is 0.192. The highest BCUT2D eigenvalue weighted by atomic mass is 32.1. The van der Waals surface area contributed by atoms with Crippen molar-refractivity contribution < 1.29 is 9.53 Å². The van der Waals surface area contributed by atoms with Gasteiger partial charge in [0.15, 0.2) is 5.82 Å². The summed E-state index contributed by atoms with van der Waals surface area (Å²) in [7, 11) is 0. The first-order valence-corrected chi connectivity index (χ1v) is 8.41. The van der Waals surface area contributed by atoms with Crippen LogP contribution < -0.4 is 0 Å². The SMILES string of the molecule is Cc1nc([C@H]2CN(C(=O)CCCc3cccs3)CCO2)n[nH]1. The van der Waals surface area contributed by atoms with Gasteiger partial charge in [-0.2, -0.15) is 5.10 Å². The number of morpholine rings is 1. The first kappa shape index (κ1) is 15.2. The van der Waals surface area contributed by atoms with Crippen LogP contribution in [0.5, 0.6) is 0 Å². The quantitative estimate of drug-likeness (QED) is 0.916. The molecular weight excluding hydrogens is 300 g/mol. The van der Waals surface area contributed by atoms with Gasteiger partial charge in [0, 0.05) is 17.8 Å². The van der Waals surface area contributed by atoms with E-state index >= 15 is 0 Å². The average Bonchev–Trinajstić information content (AvgIpc) is 3.19. The second-order valence-electron chi connectivity index (χ2n) is 5.41. The summed E-state index contributed by atoms with van der Waals surface area (Å²) in [6, 6.07) is 4.17. The first-order chi connectivity index (χ1) is 10.7. The molecule has 1 aliphatic heterocycles. The second-order valence-corrected chi connectivity index (χ2v) is 6.44. The number of ether oxygens (including phenoxy) is 1. The number of nitrogens with zero attached hydrogens (tertiary/aromatic N) is 3. The number of rotatable bonds is 5. The number of aromatic nitrogens is 3. The van der Waals surface area contributed by atoms with Gasteiger partial charge in [-0.05, 0) is 31.2 Å². The van der Waals surface area contributed by atoms with Crippen LogP contribution in [0.2, 0.25) is 0 Å². The third-order valence-corrected chi connectivity index (χ3v) is 4.65. The summed E-state index contributed by atoms with van der Waals surface area (Å²) < 4.78 is 5.68. The van der Waals surface area contributed by atoms with Crippen LogP contribution in [-0.2, 0) is 16.0 Å². The molecule has 2 aromatic rings. The molecule has 6 nitrogen and oxygen atoms in total. The van der Waals surface area contributed by atoms with Crippen molar-refractivity contribution in [3.8, 4) is 0 Å². The number of thiophene rings is 1. The molecule has 0 saturated carbocycles. The van der Waals surface area contributed by atoms with E-state index in [0.29, 0.717) is 31.9 Å². The molecule has 1 N–H and O–H groups in total. The number of carbonyl (C=O) groups excluding carboxylic acids is 1. The number of aromatic amines is 1. The monoisotopic (exact) mass is 320 g/mol.